The lowest BCUT2D eigenvalue weighted by molar-refractivity contribution is -0.135. The molecule has 14 heavy (non-hydrogen) atoms. The van der Waals surface area contributed by atoms with Crippen LogP contribution in [0.25, 0.3) is 0 Å². The fourth-order valence-electron chi connectivity index (χ4n) is 1.60. The van der Waals surface area contributed by atoms with Gasteiger partial charge in [-0.1, -0.05) is 36.7 Å². The molecule has 0 heterocycles. The average Bonchev–Trinajstić information content (AvgIpc) is 2.19. The summed E-state index contributed by atoms with van der Waals surface area (Å²) in [4.78, 5) is 14.0. The van der Waals surface area contributed by atoms with Crippen molar-refractivity contribution < 1.29 is 4.79 Å². The molecular formula is C11H22BrNO. The molecule has 0 aromatic rings. The van der Waals surface area contributed by atoms with Crippen LogP contribution in [-0.4, -0.2) is 29.2 Å². The van der Waals surface area contributed by atoms with Crippen molar-refractivity contribution in [2.45, 2.75) is 40.0 Å². The van der Waals surface area contributed by atoms with Crippen LogP contribution in [0.1, 0.15) is 40.0 Å². The van der Waals surface area contributed by atoms with E-state index in [0.717, 1.165) is 37.7 Å². The van der Waals surface area contributed by atoms with Crippen LogP contribution in [0.3, 0.4) is 0 Å². The minimum Gasteiger partial charge on any atom is -0.342 e. The van der Waals surface area contributed by atoms with Crippen LogP contribution >= 0.6 is 15.9 Å². The van der Waals surface area contributed by atoms with E-state index in [-0.39, 0.29) is 5.92 Å². The minimum atomic E-state index is 0.223. The maximum atomic E-state index is 12.0. The van der Waals surface area contributed by atoms with Crippen LogP contribution in [-0.2, 0) is 4.79 Å². The normalized spacial score (nSPS) is 10.6. The van der Waals surface area contributed by atoms with E-state index in [1.807, 2.05) is 4.90 Å². The van der Waals surface area contributed by atoms with Crippen molar-refractivity contribution in [1.82, 2.24) is 4.90 Å². The third-order valence-corrected chi connectivity index (χ3v) is 2.85. The molecule has 0 atom stereocenters. The maximum absolute atomic E-state index is 12.0. The zero-order chi connectivity index (χ0) is 11.0. The van der Waals surface area contributed by atoms with Gasteiger partial charge in [0.05, 0.1) is 0 Å². The van der Waals surface area contributed by atoms with Crippen LogP contribution in [0.4, 0.5) is 0 Å². The van der Waals surface area contributed by atoms with Crippen LogP contribution in [0.15, 0.2) is 0 Å². The first-order valence-corrected chi connectivity index (χ1v) is 6.68. The van der Waals surface area contributed by atoms with E-state index < -0.39 is 0 Å². The van der Waals surface area contributed by atoms with Gasteiger partial charge >= 0.3 is 0 Å². The van der Waals surface area contributed by atoms with E-state index in [0.29, 0.717) is 5.91 Å². The first-order chi connectivity index (χ1) is 6.71. The summed E-state index contributed by atoms with van der Waals surface area (Å²) in [6.45, 7) is 8.01. The topological polar surface area (TPSA) is 20.3 Å². The second-order valence-corrected chi connectivity index (χ2v) is 4.32. The Morgan fingerprint density at radius 2 is 1.79 bits per heavy atom. The highest BCUT2D eigenvalue weighted by Gasteiger charge is 2.19. The third-order valence-electron chi connectivity index (χ3n) is 2.49. The van der Waals surface area contributed by atoms with Gasteiger partial charge in [0.15, 0.2) is 0 Å². The summed E-state index contributed by atoms with van der Waals surface area (Å²) < 4.78 is 0. The quantitative estimate of drug-likeness (QED) is 0.647. The van der Waals surface area contributed by atoms with Crippen molar-refractivity contribution in [2.75, 3.05) is 18.4 Å². The summed E-state index contributed by atoms with van der Waals surface area (Å²) in [7, 11) is 0. The number of carbonyl (C=O) groups excluding carboxylic acids is 1. The predicted molar refractivity (Wildman–Crippen MR) is 64.7 cm³/mol. The summed E-state index contributed by atoms with van der Waals surface area (Å²) in [5.41, 5.74) is 0. The van der Waals surface area contributed by atoms with Crippen LogP contribution in [0.5, 0.6) is 0 Å². The van der Waals surface area contributed by atoms with Gasteiger partial charge in [0.1, 0.15) is 0 Å². The highest BCUT2D eigenvalue weighted by molar-refractivity contribution is 9.09. The molecule has 0 N–H and O–H groups in total. The molecule has 0 saturated heterocycles. The van der Waals surface area contributed by atoms with Gasteiger partial charge in [0, 0.05) is 24.3 Å². The molecule has 0 aliphatic heterocycles. The molecule has 0 aliphatic carbocycles. The largest absolute Gasteiger partial charge is 0.342 e. The van der Waals surface area contributed by atoms with Gasteiger partial charge in [-0.2, -0.15) is 0 Å². The number of carbonyl (C=O) groups is 1. The summed E-state index contributed by atoms with van der Waals surface area (Å²) in [6.07, 6.45) is 2.95. The predicted octanol–water partition coefficient (Wildman–Crippen LogP) is 3.06. The van der Waals surface area contributed by atoms with E-state index in [2.05, 4.69) is 36.7 Å². The molecule has 1 amide bonds. The van der Waals surface area contributed by atoms with E-state index in [1.54, 1.807) is 0 Å². The highest BCUT2D eigenvalue weighted by atomic mass is 79.9. The SMILES string of the molecule is CCCN(CCBr)C(=O)C(CC)CC. The molecule has 0 aliphatic rings. The van der Waals surface area contributed by atoms with Crippen LogP contribution in [0, 0.1) is 5.92 Å². The molecule has 0 aromatic heterocycles. The van der Waals surface area contributed by atoms with Crippen LogP contribution < -0.4 is 0 Å². The highest BCUT2D eigenvalue weighted by Crippen LogP contribution is 2.12. The summed E-state index contributed by atoms with van der Waals surface area (Å²) in [5, 5.41) is 0.874. The minimum absolute atomic E-state index is 0.223. The first kappa shape index (κ1) is 13.9. The molecule has 0 spiro atoms. The number of halogens is 1. The zero-order valence-electron chi connectivity index (χ0n) is 9.55. The molecule has 0 bridgehead atoms. The van der Waals surface area contributed by atoms with Crippen molar-refractivity contribution in [3.63, 3.8) is 0 Å². The van der Waals surface area contributed by atoms with Crippen molar-refractivity contribution in [3.8, 4) is 0 Å². The first-order valence-electron chi connectivity index (χ1n) is 5.55. The number of hydrogen-bond acceptors (Lipinski definition) is 1. The summed E-state index contributed by atoms with van der Waals surface area (Å²) in [6, 6.07) is 0. The fraction of sp³-hybridized carbons (Fsp3) is 0.909. The number of nitrogens with zero attached hydrogens (tertiary/aromatic N) is 1. The number of rotatable bonds is 7. The van der Waals surface area contributed by atoms with Gasteiger partial charge in [0.25, 0.3) is 0 Å². The maximum Gasteiger partial charge on any atom is 0.225 e. The van der Waals surface area contributed by atoms with Crippen molar-refractivity contribution >= 4 is 21.8 Å². The van der Waals surface area contributed by atoms with Gasteiger partial charge in [0.2, 0.25) is 5.91 Å². The Bertz CT molecular complexity index is 151. The van der Waals surface area contributed by atoms with Gasteiger partial charge < -0.3 is 4.90 Å². The second kappa shape index (κ2) is 8.27. The van der Waals surface area contributed by atoms with E-state index in [4.69, 9.17) is 0 Å². The Balaban J connectivity index is 4.24. The fourth-order valence-corrected chi connectivity index (χ4v) is 2.03. The summed E-state index contributed by atoms with van der Waals surface area (Å²) in [5.74, 6) is 0.553. The number of hydrogen-bond donors (Lipinski definition) is 0. The molecule has 2 nitrogen and oxygen atoms in total. The monoisotopic (exact) mass is 263 g/mol. The van der Waals surface area contributed by atoms with Crippen molar-refractivity contribution in [2.24, 2.45) is 5.92 Å². The van der Waals surface area contributed by atoms with Gasteiger partial charge in [-0.3, -0.25) is 4.79 Å². The van der Waals surface area contributed by atoms with E-state index in [9.17, 15) is 4.79 Å². The Kier molecular flexibility index (Phi) is 8.24. The van der Waals surface area contributed by atoms with Crippen molar-refractivity contribution in [1.29, 1.82) is 0 Å². The van der Waals surface area contributed by atoms with E-state index >= 15 is 0 Å². The smallest absolute Gasteiger partial charge is 0.225 e. The standard InChI is InChI=1S/C11H22BrNO/c1-4-8-13(9-7-12)11(14)10(5-2)6-3/h10H,4-9H2,1-3H3. The zero-order valence-corrected chi connectivity index (χ0v) is 11.1. The molecular weight excluding hydrogens is 242 g/mol. The lowest BCUT2D eigenvalue weighted by Crippen LogP contribution is -2.37. The lowest BCUT2D eigenvalue weighted by atomic mass is 10.0. The average molecular weight is 264 g/mol. The molecule has 0 saturated carbocycles. The number of alkyl halides is 1. The van der Waals surface area contributed by atoms with E-state index in [1.165, 1.54) is 0 Å². The third kappa shape index (κ3) is 4.45. The number of amides is 1. The molecule has 84 valence electrons. The Morgan fingerprint density at radius 3 is 2.14 bits per heavy atom. The Morgan fingerprint density at radius 1 is 1.21 bits per heavy atom. The lowest BCUT2D eigenvalue weighted by Gasteiger charge is -2.25. The molecule has 0 fully saturated rings. The molecule has 0 radical (unpaired) electrons. The molecule has 3 heteroatoms. The Hall–Kier alpha value is -0.0500. The van der Waals surface area contributed by atoms with Gasteiger partial charge in [-0.05, 0) is 19.3 Å². The van der Waals surface area contributed by atoms with Gasteiger partial charge in [-0.25, -0.2) is 0 Å². The molecule has 0 aromatic carbocycles. The summed E-state index contributed by atoms with van der Waals surface area (Å²) >= 11 is 3.39. The van der Waals surface area contributed by atoms with Gasteiger partial charge in [-0.15, -0.1) is 0 Å². The molecule has 0 unspecified atom stereocenters. The van der Waals surface area contributed by atoms with Crippen molar-refractivity contribution in [3.05, 3.63) is 0 Å². The second-order valence-electron chi connectivity index (χ2n) is 3.53. The Labute approximate surface area is 96.2 Å². The van der Waals surface area contributed by atoms with Crippen LogP contribution in [0.2, 0.25) is 0 Å². The molecule has 0 rings (SSSR count).